The Bertz CT molecular complexity index is 1300. The van der Waals surface area contributed by atoms with Gasteiger partial charge in [-0.05, 0) is 111 Å². The zero-order valence-corrected chi connectivity index (χ0v) is 25.7. The van der Waals surface area contributed by atoms with Gasteiger partial charge in [0.1, 0.15) is 0 Å². The zero-order chi connectivity index (χ0) is 29.6. The number of hydrogen-bond donors (Lipinski definition) is 1. The quantitative estimate of drug-likeness (QED) is 0.182. The average molecular weight is 625 g/mol. The third-order valence-electron chi connectivity index (χ3n) is 5.56. The number of ether oxygens (including phenoxy) is 1. The molecule has 10 heteroatoms. The van der Waals surface area contributed by atoms with Crippen LogP contribution in [-0.2, 0) is 33.8 Å². The standard InChI is InChI=1S/C10H11ClO2.C9H11ClO.C9H9ClO.Mn.2O/c1-6-4-8(10(12)13-3)9(11)5-7(6)2;2*1-6-3-8(5-11)9(10)4-7(6)2;;;/h4-5H,1-3H3;3-4,11H,5H2,1-2H3;3-5H,1-2H3;;;. The number of aliphatic hydroxyl groups excluding tert-OH is 1. The molecule has 3 aromatic rings. The van der Waals surface area contributed by atoms with Gasteiger partial charge in [0.25, 0.3) is 0 Å². The zero-order valence-electron chi connectivity index (χ0n) is 22.2. The number of rotatable bonds is 3. The molecule has 0 radical (unpaired) electrons. The molecule has 38 heavy (non-hydrogen) atoms. The van der Waals surface area contributed by atoms with Gasteiger partial charge in [0.05, 0.1) is 29.3 Å². The van der Waals surface area contributed by atoms with E-state index in [1.807, 2.05) is 53.7 Å². The van der Waals surface area contributed by atoms with Crippen LogP contribution in [-0.4, -0.2) is 24.5 Å². The maximum absolute atomic E-state index is 11.2. The van der Waals surface area contributed by atoms with E-state index in [4.69, 9.17) is 47.6 Å². The van der Waals surface area contributed by atoms with Crippen LogP contribution in [0.15, 0.2) is 36.4 Å². The van der Waals surface area contributed by atoms with E-state index in [1.54, 1.807) is 24.3 Å². The average Bonchev–Trinajstić information content (AvgIpc) is 2.86. The minimum atomic E-state index is -1.44. The number of aldehydes is 1. The molecule has 0 spiro atoms. The van der Waals surface area contributed by atoms with Gasteiger partial charge in [-0.1, -0.05) is 40.9 Å². The molecule has 0 aromatic heterocycles. The van der Waals surface area contributed by atoms with Crippen LogP contribution in [0.2, 0.25) is 15.1 Å². The van der Waals surface area contributed by atoms with Crippen LogP contribution >= 0.6 is 34.8 Å². The number of halogens is 3. The van der Waals surface area contributed by atoms with E-state index in [0.717, 1.165) is 39.7 Å². The van der Waals surface area contributed by atoms with Crippen LogP contribution in [0.5, 0.6) is 0 Å². The summed E-state index contributed by atoms with van der Waals surface area (Å²) in [6, 6.07) is 10.9. The van der Waals surface area contributed by atoms with Crippen LogP contribution in [0.3, 0.4) is 0 Å². The number of carbonyl (C=O) groups excluding carboxylic acids is 2. The first kappa shape index (κ1) is 35.7. The van der Waals surface area contributed by atoms with E-state index in [-0.39, 0.29) is 6.61 Å². The number of benzene rings is 3. The van der Waals surface area contributed by atoms with Crippen LogP contribution in [0.25, 0.3) is 0 Å². The molecule has 1 N–H and O–H groups in total. The van der Waals surface area contributed by atoms with Crippen molar-refractivity contribution in [2.45, 2.75) is 48.1 Å². The van der Waals surface area contributed by atoms with Crippen molar-refractivity contribution in [3.63, 3.8) is 0 Å². The fraction of sp³-hybridized carbons (Fsp3) is 0.286. The van der Waals surface area contributed by atoms with Crippen molar-refractivity contribution >= 4 is 47.1 Å². The van der Waals surface area contributed by atoms with Crippen molar-refractivity contribution in [2.75, 3.05) is 7.11 Å². The first-order valence-corrected chi connectivity index (χ1v) is 13.2. The van der Waals surface area contributed by atoms with Crippen molar-refractivity contribution in [3.8, 4) is 0 Å². The number of methoxy groups -OCH3 is 1. The first-order valence-electron chi connectivity index (χ1n) is 11.1. The van der Waals surface area contributed by atoms with E-state index in [2.05, 4.69) is 4.74 Å². The Morgan fingerprint density at radius 3 is 1.61 bits per heavy atom. The first-order chi connectivity index (χ1) is 17.8. The molecule has 0 unspecified atom stereocenters. The third kappa shape index (κ3) is 11.6. The Balaban J connectivity index is 0.000000515. The van der Waals surface area contributed by atoms with Gasteiger partial charge in [-0.25, -0.2) is 4.79 Å². The van der Waals surface area contributed by atoms with Gasteiger partial charge < -0.3 is 9.84 Å². The molecule has 0 bridgehead atoms. The summed E-state index contributed by atoms with van der Waals surface area (Å²) >= 11 is 16.0. The summed E-state index contributed by atoms with van der Waals surface area (Å²) in [6.45, 7) is 11.8. The van der Waals surface area contributed by atoms with Crippen molar-refractivity contribution in [1.29, 1.82) is 0 Å². The predicted octanol–water partition coefficient (Wildman–Crippen LogP) is 7.72. The van der Waals surface area contributed by atoms with Gasteiger partial charge in [0.2, 0.25) is 0 Å². The fourth-order valence-electron chi connectivity index (χ4n) is 2.90. The fourth-order valence-corrected chi connectivity index (χ4v) is 3.74. The monoisotopic (exact) mass is 623 g/mol. The van der Waals surface area contributed by atoms with Crippen molar-refractivity contribution < 1.29 is 41.9 Å². The van der Waals surface area contributed by atoms with Crippen molar-refractivity contribution in [1.82, 2.24) is 0 Å². The molecule has 0 aliphatic rings. The molecular formula is C28H31Cl3MnO6. The van der Waals surface area contributed by atoms with Crippen LogP contribution < -0.4 is 0 Å². The summed E-state index contributed by atoms with van der Waals surface area (Å²) in [5.74, 6) is -0.395. The second-order valence-electron chi connectivity index (χ2n) is 8.23. The van der Waals surface area contributed by atoms with Gasteiger partial charge in [0, 0.05) is 10.6 Å². The van der Waals surface area contributed by atoms with E-state index in [1.165, 1.54) is 12.7 Å². The van der Waals surface area contributed by atoms with E-state index >= 15 is 0 Å². The summed E-state index contributed by atoms with van der Waals surface area (Å²) in [5.41, 5.74) is 8.42. The Morgan fingerprint density at radius 2 is 1.16 bits per heavy atom. The summed E-state index contributed by atoms with van der Waals surface area (Å²) in [7, 11) is 1.34. The summed E-state index contributed by atoms with van der Waals surface area (Å²) in [5, 5.41) is 10.5. The number of esters is 1. The molecule has 0 heterocycles. The molecule has 207 valence electrons. The predicted molar refractivity (Wildman–Crippen MR) is 147 cm³/mol. The van der Waals surface area contributed by atoms with Crippen LogP contribution in [0.1, 0.15) is 59.7 Å². The van der Waals surface area contributed by atoms with Gasteiger partial charge in [0.15, 0.2) is 6.29 Å². The SMILES string of the molecule is COC(=O)c1cc(C)c(C)cc1Cl.Cc1cc(Cl)c(C=O)cc1C.Cc1cc(Cl)c(CO)cc1C.[O]=[Mn]=[O]. The summed E-state index contributed by atoms with van der Waals surface area (Å²) < 4.78 is 21.4. The molecule has 0 aliphatic heterocycles. The van der Waals surface area contributed by atoms with Crippen molar-refractivity contribution in [2.24, 2.45) is 0 Å². The molecule has 3 rings (SSSR count). The molecular weight excluding hydrogens is 594 g/mol. The Labute approximate surface area is 244 Å². The van der Waals surface area contributed by atoms with E-state index in [9.17, 15) is 9.59 Å². The molecule has 0 saturated carbocycles. The summed E-state index contributed by atoms with van der Waals surface area (Å²) in [6.07, 6.45) is 0.773. The Kier molecular flexibility index (Phi) is 17.0. The van der Waals surface area contributed by atoms with Gasteiger partial charge in [-0.2, -0.15) is 0 Å². The van der Waals surface area contributed by atoms with Crippen LogP contribution in [0, 0.1) is 41.5 Å². The Hall–Kier alpha value is -2.25. The number of carbonyl (C=O) groups is 2. The molecule has 0 fully saturated rings. The topological polar surface area (TPSA) is 97.7 Å². The van der Waals surface area contributed by atoms with Crippen molar-refractivity contribution in [3.05, 3.63) is 102 Å². The van der Waals surface area contributed by atoms with E-state index in [0.29, 0.717) is 26.2 Å². The number of aliphatic hydroxyl groups is 1. The molecule has 0 amide bonds. The van der Waals surface area contributed by atoms with E-state index < -0.39 is 20.8 Å². The second kappa shape index (κ2) is 18.1. The minimum absolute atomic E-state index is 0.0138. The third-order valence-corrected chi connectivity index (χ3v) is 6.55. The number of hydrogen-bond acceptors (Lipinski definition) is 6. The molecule has 0 atom stereocenters. The molecule has 3 aromatic carbocycles. The molecule has 0 aliphatic carbocycles. The van der Waals surface area contributed by atoms with Crippen LogP contribution in [0.4, 0.5) is 0 Å². The molecule has 6 nitrogen and oxygen atoms in total. The maximum atomic E-state index is 11.2. The number of aryl methyl sites for hydroxylation is 6. The van der Waals surface area contributed by atoms with Gasteiger partial charge in [-0.15, -0.1) is 0 Å². The van der Waals surface area contributed by atoms with Gasteiger partial charge >= 0.3 is 28.5 Å². The van der Waals surface area contributed by atoms with Gasteiger partial charge in [-0.3, -0.25) is 4.79 Å². The summed E-state index contributed by atoms with van der Waals surface area (Å²) in [4.78, 5) is 21.6. The second-order valence-corrected chi connectivity index (χ2v) is 9.65. The molecule has 0 saturated heterocycles. The Morgan fingerprint density at radius 1 is 0.763 bits per heavy atom. The normalized spacial score (nSPS) is 9.45.